The van der Waals surface area contributed by atoms with E-state index in [1.165, 1.54) is 32.1 Å². The molecule has 5 heteroatoms. The van der Waals surface area contributed by atoms with Gasteiger partial charge in [0.2, 0.25) is 0 Å². The van der Waals surface area contributed by atoms with Gasteiger partial charge in [0.05, 0.1) is 17.8 Å². The van der Waals surface area contributed by atoms with Crippen molar-refractivity contribution >= 4 is 17.9 Å². The maximum Gasteiger partial charge on any atom is 0.317 e. The summed E-state index contributed by atoms with van der Waals surface area (Å²) in [5.41, 5.74) is -0.256. The maximum absolute atomic E-state index is 13.9. The van der Waals surface area contributed by atoms with Crippen LogP contribution in [0.3, 0.4) is 0 Å². The Bertz CT molecular complexity index is 974. The van der Waals surface area contributed by atoms with Crippen LogP contribution in [-0.2, 0) is 23.9 Å². The van der Waals surface area contributed by atoms with Gasteiger partial charge < -0.3 is 9.47 Å². The van der Waals surface area contributed by atoms with Gasteiger partial charge in [0, 0.05) is 0 Å². The minimum Gasteiger partial charge on any atom is -0.459 e. The number of carbonyl (C=O) groups is 3. The lowest BCUT2D eigenvalue weighted by atomic mass is 9.50. The van der Waals surface area contributed by atoms with Crippen LogP contribution in [0.25, 0.3) is 0 Å². The van der Waals surface area contributed by atoms with E-state index in [0.717, 1.165) is 31.1 Å². The van der Waals surface area contributed by atoms with Crippen molar-refractivity contribution in [3.8, 4) is 0 Å². The Morgan fingerprint density at radius 2 is 1.26 bits per heavy atom. The summed E-state index contributed by atoms with van der Waals surface area (Å²) >= 11 is 0. The van der Waals surface area contributed by atoms with Gasteiger partial charge >= 0.3 is 17.9 Å². The highest BCUT2D eigenvalue weighted by atomic mass is 16.6. The Balaban J connectivity index is 0.000000882. The summed E-state index contributed by atoms with van der Waals surface area (Å²) in [6.45, 7) is 6.97. The van der Waals surface area contributed by atoms with Crippen molar-refractivity contribution < 1.29 is 23.9 Å². The van der Waals surface area contributed by atoms with Gasteiger partial charge in [-0.2, -0.15) is 0 Å². The van der Waals surface area contributed by atoms with Crippen molar-refractivity contribution in [1.82, 2.24) is 0 Å². The smallest absolute Gasteiger partial charge is 0.317 e. The SMILES string of the molecule is C.C.C.C.CC1C2CC(C(=O)OC3(C)C4CC5CC(C4)CC3C5)C(C2)C1C1C(C)C2CC1C1C(=O)OC(=O)C21. The summed E-state index contributed by atoms with van der Waals surface area (Å²) in [5, 5.41) is 0. The minimum atomic E-state index is -0.274. The van der Waals surface area contributed by atoms with Crippen LogP contribution < -0.4 is 0 Å². The van der Waals surface area contributed by atoms with Crippen molar-refractivity contribution in [2.75, 3.05) is 0 Å². The Labute approximate surface area is 237 Å². The molecule has 1 heterocycles. The maximum atomic E-state index is 13.9. The largest absolute Gasteiger partial charge is 0.459 e. The third-order valence-electron chi connectivity index (χ3n) is 13.7. The second-order valence-electron chi connectivity index (χ2n) is 14.6. The first-order valence-corrected chi connectivity index (χ1v) is 14.7. The number of hydrogen-bond acceptors (Lipinski definition) is 5. The highest BCUT2D eigenvalue weighted by molar-refractivity contribution is 5.97. The molecule has 0 amide bonds. The lowest BCUT2D eigenvalue weighted by molar-refractivity contribution is -0.209. The molecule has 11 unspecified atom stereocenters. The van der Waals surface area contributed by atoms with Gasteiger partial charge in [0.25, 0.3) is 0 Å². The standard InChI is InChI=1S/C30H40O5.4CH4/c1-12-16-9-20(23(12)24-13(2)19-11-22(24)26-25(19)28(32)34-29(26)33)21(10-16)27(31)35-30(3)17-5-14-4-15(7-17)8-18(30)6-14;;;;/h12-26H,4-11H2,1-3H3;4*1H4. The molecular formula is C34H56O5. The molecule has 8 saturated carbocycles. The summed E-state index contributed by atoms with van der Waals surface area (Å²) in [6.07, 6.45) is 9.55. The van der Waals surface area contributed by atoms with Crippen LogP contribution in [0.15, 0.2) is 0 Å². The van der Waals surface area contributed by atoms with Crippen LogP contribution >= 0.6 is 0 Å². The number of carbonyl (C=O) groups excluding carboxylic acids is 3. The Hall–Kier alpha value is -1.39. The van der Waals surface area contributed by atoms with E-state index in [-0.39, 0.29) is 82.8 Å². The van der Waals surface area contributed by atoms with Gasteiger partial charge in [-0.25, -0.2) is 0 Å². The zero-order valence-electron chi connectivity index (χ0n) is 21.4. The molecule has 9 fully saturated rings. The Morgan fingerprint density at radius 3 is 1.82 bits per heavy atom. The highest BCUT2D eigenvalue weighted by Crippen LogP contribution is 2.69. The van der Waals surface area contributed by atoms with Crippen LogP contribution in [0, 0.1) is 88.8 Å². The van der Waals surface area contributed by atoms with Gasteiger partial charge in [-0.1, -0.05) is 43.6 Å². The van der Waals surface area contributed by atoms with E-state index in [1.54, 1.807) is 0 Å². The quantitative estimate of drug-likeness (QED) is 0.273. The van der Waals surface area contributed by atoms with Crippen molar-refractivity contribution in [3.63, 3.8) is 0 Å². The molecule has 1 aliphatic heterocycles. The van der Waals surface area contributed by atoms with E-state index in [2.05, 4.69) is 20.8 Å². The topological polar surface area (TPSA) is 69.7 Å². The third kappa shape index (κ3) is 3.79. The lowest BCUT2D eigenvalue weighted by Crippen LogP contribution is -2.58. The van der Waals surface area contributed by atoms with Crippen molar-refractivity contribution in [2.45, 2.75) is 107 Å². The summed E-state index contributed by atoms with van der Waals surface area (Å²) in [4.78, 5) is 38.9. The molecule has 9 rings (SSSR count). The summed E-state index contributed by atoms with van der Waals surface area (Å²) in [5.74, 6) is 5.39. The molecule has 8 aliphatic carbocycles. The third-order valence-corrected chi connectivity index (χ3v) is 13.7. The molecule has 39 heavy (non-hydrogen) atoms. The van der Waals surface area contributed by atoms with E-state index >= 15 is 0 Å². The molecule has 0 N–H and O–H groups in total. The van der Waals surface area contributed by atoms with Crippen LogP contribution in [-0.4, -0.2) is 23.5 Å². The van der Waals surface area contributed by atoms with Crippen LogP contribution in [0.2, 0.25) is 0 Å². The van der Waals surface area contributed by atoms with E-state index in [9.17, 15) is 14.4 Å². The molecule has 0 aromatic rings. The fourth-order valence-corrected chi connectivity index (χ4v) is 12.4. The summed E-state index contributed by atoms with van der Waals surface area (Å²) in [6, 6.07) is 0. The van der Waals surface area contributed by atoms with Gasteiger partial charge in [0.1, 0.15) is 5.60 Å². The number of ether oxygens (including phenoxy) is 2. The van der Waals surface area contributed by atoms with Crippen molar-refractivity contribution in [2.24, 2.45) is 88.8 Å². The number of rotatable bonds is 3. The molecule has 222 valence electrons. The van der Waals surface area contributed by atoms with Crippen LogP contribution in [0.1, 0.15) is 102 Å². The zero-order valence-corrected chi connectivity index (χ0v) is 21.4. The normalized spacial score (nSPS) is 54.7. The first-order valence-electron chi connectivity index (χ1n) is 14.7. The first-order chi connectivity index (χ1) is 16.7. The van der Waals surface area contributed by atoms with Gasteiger partial charge in [-0.15, -0.1) is 0 Å². The molecule has 5 nitrogen and oxygen atoms in total. The molecular weight excluding hydrogens is 488 g/mol. The Kier molecular flexibility index (Phi) is 7.73. The molecule has 0 aromatic heterocycles. The molecule has 9 aliphatic rings. The predicted molar refractivity (Wildman–Crippen MR) is 153 cm³/mol. The zero-order chi connectivity index (χ0) is 24.0. The number of hydrogen-bond donors (Lipinski definition) is 0. The second kappa shape index (κ2) is 9.86. The van der Waals surface area contributed by atoms with E-state index < -0.39 is 0 Å². The van der Waals surface area contributed by atoms with E-state index in [1.807, 2.05) is 0 Å². The summed E-state index contributed by atoms with van der Waals surface area (Å²) in [7, 11) is 0. The molecule has 8 bridgehead atoms. The molecule has 0 aromatic carbocycles. The van der Waals surface area contributed by atoms with E-state index in [0.29, 0.717) is 47.3 Å². The average Bonchev–Trinajstić information content (AvgIpc) is 3.59. The predicted octanol–water partition coefficient (Wildman–Crippen LogP) is 7.41. The van der Waals surface area contributed by atoms with Crippen molar-refractivity contribution in [1.29, 1.82) is 0 Å². The van der Waals surface area contributed by atoms with E-state index in [4.69, 9.17) is 9.47 Å². The first kappa shape index (κ1) is 30.6. The minimum absolute atomic E-state index is 0. The van der Waals surface area contributed by atoms with Crippen molar-refractivity contribution in [3.05, 3.63) is 0 Å². The number of fused-ring (bicyclic) bond motifs is 7. The molecule has 11 atom stereocenters. The fourth-order valence-electron chi connectivity index (χ4n) is 12.4. The van der Waals surface area contributed by atoms with Crippen LogP contribution in [0.4, 0.5) is 0 Å². The fraction of sp³-hybridized carbons (Fsp3) is 0.912. The Morgan fingerprint density at radius 1 is 0.718 bits per heavy atom. The monoisotopic (exact) mass is 544 g/mol. The second-order valence-corrected chi connectivity index (χ2v) is 14.6. The van der Waals surface area contributed by atoms with Gasteiger partial charge in [-0.05, 0) is 129 Å². The number of esters is 3. The van der Waals surface area contributed by atoms with Crippen LogP contribution in [0.5, 0.6) is 0 Å². The molecule has 0 spiro atoms. The lowest BCUT2D eigenvalue weighted by Gasteiger charge is -2.59. The number of cyclic esters (lactones) is 2. The highest BCUT2D eigenvalue weighted by Gasteiger charge is 2.69. The summed E-state index contributed by atoms with van der Waals surface area (Å²) < 4.78 is 11.7. The average molecular weight is 545 g/mol. The van der Waals surface area contributed by atoms with Gasteiger partial charge in [0.15, 0.2) is 0 Å². The molecule has 1 saturated heterocycles. The molecule has 0 radical (unpaired) electrons. The van der Waals surface area contributed by atoms with Gasteiger partial charge in [-0.3, -0.25) is 14.4 Å².